The van der Waals surface area contributed by atoms with Crippen molar-refractivity contribution in [3.05, 3.63) is 23.2 Å². The largest absolute Gasteiger partial charge is 0.506 e. The van der Waals surface area contributed by atoms with Crippen LogP contribution in [-0.2, 0) is 28.6 Å². The van der Waals surface area contributed by atoms with Crippen LogP contribution in [0.5, 0.6) is 0 Å². The van der Waals surface area contributed by atoms with Gasteiger partial charge in [0.2, 0.25) is 5.78 Å². The molecule has 0 spiro atoms. The van der Waals surface area contributed by atoms with E-state index in [4.69, 9.17) is 5.11 Å². The van der Waals surface area contributed by atoms with E-state index >= 15 is 0 Å². The molecule has 13 heteroatoms. The molecule has 0 fully saturated rings. The van der Waals surface area contributed by atoms with Gasteiger partial charge in [-0.2, -0.15) is 0 Å². The Morgan fingerprint density at radius 3 is 1.77 bits per heavy atom. The molecule has 180 valence electrons. The maximum absolute atomic E-state index is 12.1. The fraction of sp³-hybridized carbons (Fsp3) is 0.556. The van der Waals surface area contributed by atoms with Gasteiger partial charge in [-0.3, -0.25) is 9.79 Å². The molecule has 0 bridgehead atoms. The van der Waals surface area contributed by atoms with Gasteiger partial charge < -0.3 is 25.1 Å². The van der Waals surface area contributed by atoms with Gasteiger partial charge in [0, 0.05) is 13.3 Å². The molecule has 9 nitrogen and oxygen atoms in total. The van der Waals surface area contributed by atoms with Gasteiger partial charge in [0.1, 0.15) is 17.4 Å². The monoisotopic (exact) mass is 460 g/mol. The lowest BCUT2D eigenvalue weighted by molar-refractivity contribution is -0.142. The van der Waals surface area contributed by atoms with E-state index in [1.54, 1.807) is 6.92 Å². The first-order chi connectivity index (χ1) is 14.6. The normalized spacial score (nSPS) is 11.7. The molecule has 0 rings (SSSR count). The quantitative estimate of drug-likeness (QED) is 0.0963. The van der Waals surface area contributed by atoms with Gasteiger partial charge in [0.25, 0.3) is 6.43 Å². The lowest BCUT2D eigenvalue weighted by Crippen LogP contribution is -2.21. The van der Waals surface area contributed by atoms with E-state index in [1.807, 2.05) is 0 Å². The highest BCUT2D eigenvalue weighted by molar-refractivity contribution is 6.18. The second kappa shape index (κ2) is 20.3. The van der Waals surface area contributed by atoms with Crippen LogP contribution in [0.1, 0.15) is 20.8 Å². The average molecular weight is 460 g/mol. The summed E-state index contributed by atoms with van der Waals surface area (Å²) in [5.41, 5.74) is 3.11. The Morgan fingerprint density at radius 2 is 1.42 bits per heavy atom. The lowest BCUT2D eigenvalue weighted by atomic mass is 10.2. The van der Waals surface area contributed by atoms with Crippen molar-refractivity contribution >= 4 is 23.9 Å². The molecule has 31 heavy (non-hydrogen) atoms. The number of rotatable bonds is 10. The summed E-state index contributed by atoms with van der Waals surface area (Å²) in [7, 11) is 2.79. The van der Waals surface area contributed by atoms with Gasteiger partial charge in [-0.15, -0.1) is 0 Å². The zero-order chi connectivity index (χ0) is 25.0. The third-order valence-electron chi connectivity index (χ3n) is 2.56. The minimum atomic E-state index is -3.25. The van der Waals surface area contributed by atoms with E-state index in [0.29, 0.717) is 6.26 Å². The first-order valence-electron chi connectivity index (χ1n) is 8.78. The summed E-state index contributed by atoms with van der Waals surface area (Å²) in [6, 6.07) is 0. The number of hydrogen-bond donors (Lipinski definition) is 2. The molecule has 0 aliphatic rings. The number of halogens is 4. The second-order valence-corrected chi connectivity index (χ2v) is 4.58. The van der Waals surface area contributed by atoms with Crippen LogP contribution in [0.2, 0.25) is 0 Å². The first-order valence-corrected chi connectivity index (χ1v) is 8.78. The molecule has 3 N–H and O–H groups in total. The minimum absolute atomic E-state index is 0.00117. The summed E-state index contributed by atoms with van der Waals surface area (Å²) < 4.78 is 61.7. The standard InChI is InChI=1S/C9H12F2O4.C8H11F2NO3.CH5N/c1-3-14-5-6(7(12)8(10)11)9(13)15-4-2;1-3-14-8(13)5(4-11-2)6(12)7(9)10;1-2/h5,8H,3-4H2,1-2H3;4,7,12H,3H2,1-2H3;2H2,1H3/b6-5-;;. The lowest BCUT2D eigenvalue weighted by Gasteiger charge is -2.05. The topological polar surface area (TPSA) is 138 Å². The Bertz CT molecular complexity index is 636. The number of ketones is 1. The number of aliphatic hydroxyl groups excluding tert-OH is 1. The van der Waals surface area contributed by atoms with Crippen LogP contribution < -0.4 is 5.73 Å². The van der Waals surface area contributed by atoms with Crippen molar-refractivity contribution in [3.8, 4) is 0 Å². The Hall–Kier alpha value is -2.96. The number of aliphatic hydroxyl groups is 1. The van der Waals surface area contributed by atoms with Crippen LogP contribution in [0.4, 0.5) is 17.6 Å². The third-order valence-corrected chi connectivity index (χ3v) is 2.56. The van der Waals surface area contributed by atoms with Gasteiger partial charge in [-0.05, 0) is 27.8 Å². The summed E-state index contributed by atoms with van der Waals surface area (Å²) in [4.78, 5) is 36.3. The SMILES string of the molecule is CCO/C=C(\C(=O)OCC)C(=O)C(F)F.CCOC(=O)C(C=NC)=C(O)C(F)F.CN. The van der Waals surface area contributed by atoms with E-state index in [0.717, 1.165) is 6.21 Å². The third kappa shape index (κ3) is 14.6. The van der Waals surface area contributed by atoms with Gasteiger partial charge in [0.15, 0.2) is 5.76 Å². The van der Waals surface area contributed by atoms with Crippen LogP contribution in [0.3, 0.4) is 0 Å². The van der Waals surface area contributed by atoms with Gasteiger partial charge >= 0.3 is 18.4 Å². The zero-order valence-electron chi connectivity index (χ0n) is 17.9. The summed E-state index contributed by atoms with van der Waals surface area (Å²) in [5, 5.41) is 8.85. The number of nitrogens with zero attached hydrogens (tertiary/aromatic N) is 1. The molecule has 0 saturated carbocycles. The number of aliphatic imine (C=N–C) groups is 1. The molecule has 0 aliphatic carbocycles. The fourth-order valence-electron chi connectivity index (χ4n) is 1.38. The van der Waals surface area contributed by atoms with Crippen molar-refractivity contribution < 1.29 is 51.3 Å². The van der Waals surface area contributed by atoms with Crippen molar-refractivity contribution in [1.82, 2.24) is 0 Å². The summed E-state index contributed by atoms with van der Waals surface area (Å²) >= 11 is 0. The van der Waals surface area contributed by atoms with Gasteiger partial charge in [0.05, 0.1) is 19.8 Å². The average Bonchev–Trinajstić information content (AvgIpc) is 2.73. The van der Waals surface area contributed by atoms with Gasteiger partial charge in [-0.25, -0.2) is 27.2 Å². The highest BCUT2D eigenvalue weighted by Gasteiger charge is 2.27. The molecular weight excluding hydrogens is 432 g/mol. The molecular formula is C18H28F4N2O7. The Balaban J connectivity index is -0.000000469. The van der Waals surface area contributed by atoms with Crippen molar-refractivity contribution in [1.29, 1.82) is 0 Å². The number of allylic oxidation sites excluding steroid dienone is 1. The van der Waals surface area contributed by atoms with Crippen LogP contribution in [0.15, 0.2) is 28.2 Å². The molecule has 0 aromatic rings. The van der Waals surface area contributed by atoms with E-state index in [9.17, 15) is 31.9 Å². The smallest absolute Gasteiger partial charge is 0.345 e. The van der Waals surface area contributed by atoms with E-state index in [1.165, 1.54) is 27.9 Å². The number of hydrogen-bond acceptors (Lipinski definition) is 9. The van der Waals surface area contributed by atoms with Crippen molar-refractivity contribution in [3.63, 3.8) is 0 Å². The van der Waals surface area contributed by atoms with Crippen LogP contribution in [0, 0.1) is 0 Å². The summed E-state index contributed by atoms with van der Waals surface area (Å²) in [6.07, 6.45) is -4.83. The number of alkyl halides is 4. The van der Waals surface area contributed by atoms with Crippen molar-refractivity contribution in [2.75, 3.05) is 33.9 Å². The molecule has 0 amide bonds. The number of esters is 2. The predicted molar refractivity (Wildman–Crippen MR) is 104 cm³/mol. The summed E-state index contributed by atoms with van der Waals surface area (Å²) in [5.74, 6) is -5.04. The van der Waals surface area contributed by atoms with E-state index < -0.39 is 47.5 Å². The molecule has 0 aliphatic heterocycles. The molecule has 0 aromatic carbocycles. The number of carbonyl (C=O) groups excluding carboxylic acids is 3. The molecule has 0 radical (unpaired) electrons. The second-order valence-electron chi connectivity index (χ2n) is 4.58. The Morgan fingerprint density at radius 1 is 0.935 bits per heavy atom. The van der Waals surface area contributed by atoms with Crippen molar-refractivity contribution in [2.45, 2.75) is 33.6 Å². The predicted octanol–water partition coefficient (Wildman–Crippen LogP) is 2.21. The van der Waals surface area contributed by atoms with Gasteiger partial charge in [-0.1, -0.05) is 0 Å². The molecule has 0 aromatic heterocycles. The Kier molecular flexibility index (Phi) is 21.4. The number of carbonyl (C=O) groups is 3. The van der Waals surface area contributed by atoms with Crippen LogP contribution >= 0.6 is 0 Å². The highest BCUT2D eigenvalue weighted by Crippen LogP contribution is 2.11. The molecule has 0 heterocycles. The zero-order valence-corrected chi connectivity index (χ0v) is 17.9. The highest BCUT2D eigenvalue weighted by atomic mass is 19.3. The van der Waals surface area contributed by atoms with E-state index in [-0.39, 0.29) is 19.8 Å². The number of Topliss-reactive ketones (excluding diaryl/α,β-unsaturated/α-hetero) is 1. The number of ether oxygens (including phenoxy) is 3. The molecule has 0 unspecified atom stereocenters. The summed E-state index contributed by atoms with van der Waals surface area (Å²) in [6.45, 7) is 4.82. The number of nitrogens with two attached hydrogens (primary N) is 1. The van der Waals surface area contributed by atoms with Crippen molar-refractivity contribution in [2.24, 2.45) is 10.7 Å². The maximum Gasteiger partial charge on any atom is 0.345 e. The van der Waals surface area contributed by atoms with E-state index in [2.05, 4.69) is 24.9 Å². The van der Waals surface area contributed by atoms with Crippen LogP contribution in [-0.4, -0.2) is 75.8 Å². The maximum atomic E-state index is 12.1. The molecule has 0 atom stereocenters. The molecule has 0 saturated heterocycles. The first kappa shape index (κ1) is 32.7. The van der Waals surface area contributed by atoms with Crippen LogP contribution in [0.25, 0.3) is 0 Å². The minimum Gasteiger partial charge on any atom is -0.506 e. The fourth-order valence-corrected chi connectivity index (χ4v) is 1.38. The Labute approximate surface area is 177 Å².